The molecule has 2 saturated carbocycles. The first-order valence-electron chi connectivity index (χ1n) is 27.3. The fourth-order valence-corrected chi connectivity index (χ4v) is 11.4. The van der Waals surface area contributed by atoms with Gasteiger partial charge in [-0.25, -0.2) is 9.97 Å². The van der Waals surface area contributed by atoms with Gasteiger partial charge in [0.05, 0.1) is 12.7 Å². The van der Waals surface area contributed by atoms with Crippen molar-refractivity contribution < 1.29 is 75.4 Å². The molecule has 3 aromatic rings. The second kappa shape index (κ2) is 31.2. The summed E-state index contributed by atoms with van der Waals surface area (Å²) in [6.07, 6.45) is 5.10. The number of H-pyrrole nitrogens is 2. The number of nitrogens with one attached hydrogen (secondary N) is 7. The van der Waals surface area contributed by atoms with Crippen molar-refractivity contribution in [2.45, 2.75) is 157 Å². The van der Waals surface area contributed by atoms with Crippen LogP contribution in [0.4, 0.5) is 5.69 Å². The lowest BCUT2D eigenvalue weighted by atomic mass is 9.68. The molecule has 2 aliphatic carbocycles. The average Bonchev–Trinajstić information content (AvgIpc) is 4.35. The molecule has 0 bridgehead atoms. The number of quaternary nitrogens is 2. The van der Waals surface area contributed by atoms with Gasteiger partial charge in [-0.2, -0.15) is 0 Å². The van der Waals surface area contributed by atoms with Gasteiger partial charge >= 0.3 is 0 Å². The van der Waals surface area contributed by atoms with Crippen molar-refractivity contribution in [1.82, 2.24) is 41.2 Å². The summed E-state index contributed by atoms with van der Waals surface area (Å²) < 4.78 is 0. The molecule has 3 aliphatic rings. The van der Waals surface area contributed by atoms with Crippen molar-refractivity contribution in [2.75, 3.05) is 11.9 Å². The molecule has 0 spiro atoms. The van der Waals surface area contributed by atoms with E-state index in [9.17, 15) is 63.9 Å². The second-order valence-electron chi connectivity index (χ2n) is 21.8. The van der Waals surface area contributed by atoms with E-state index in [1.165, 1.54) is 12.7 Å². The number of carboxylic acids is 2. The molecule has 16 atom stereocenters. The van der Waals surface area contributed by atoms with Gasteiger partial charge in [0.2, 0.25) is 23.6 Å². The Morgan fingerprint density at radius 3 is 1.64 bits per heavy atom. The number of aliphatic carboxylic acids is 2. The molecular weight excluding hydrogens is 1060 g/mol. The summed E-state index contributed by atoms with van der Waals surface area (Å²) in [6.45, 7) is 0.598. The number of aromatic nitrogens is 4. The fourth-order valence-electron chi connectivity index (χ4n) is 11.4. The fraction of sp³-hybridized carbons (Fsp3) is 0.615. The largest absolute Gasteiger partial charge is 0.550 e. The third-order valence-electron chi connectivity index (χ3n) is 15.7. The van der Waals surface area contributed by atoms with Crippen LogP contribution >= 0.6 is 0 Å². The maximum Gasteiger partial charge on any atom is 0.278 e. The Kier molecular flexibility index (Phi) is 24.9. The zero-order valence-corrected chi connectivity index (χ0v) is 45.3. The van der Waals surface area contributed by atoms with Crippen LogP contribution in [0.2, 0.25) is 0 Å². The van der Waals surface area contributed by atoms with Crippen LogP contribution in [0.3, 0.4) is 0 Å². The Morgan fingerprint density at radius 2 is 1.14 bits per heavy atom. The number of carbonyl (C=O) groups is 8. The van der Waals surface area contributed by atoms with Gasteiger partial charge in [0, 0.05) is 90.6 Å². The van der Waals surface area contributed by atoms with E-state index in [1.807, 2.05) is 24.3 Å². The molecule has 81 heavy (non-hydrogen) atoms. The lowest BCUT2D eigenvalue weighted by Gasteiger charge is -2.42. The second-order valence-corrected chi connectivity index (χ2v) is 21.8. The molecule has 0 saturated heterocycles. The van der Waals surface area contributed by atoms with E-state index >= 15 is 0 Å². The number of benzene rings is 1. The molecule has 6 amide bonds. The number of carboxylic acid groups (broad SMARTS) is 2. The van der Waals surface area contributed by atoms with Gasteiger partial charge in [0.1, 0.15) is 30.8 Å². The van der Waals surface area contributed by atoms with Crippen LogP contribution < -0.4 is 76.9 Å². The minimum absolute atomic E-state index is 0.0388. The number of rotatable bonds is 29. The summed E-state index contributed by atoms with van der Waals surface area (Å²) in [5.41, 5.74) is 38.8. The Labute approximate surface area is 467 Å². The number of hydrogen-bond donors (Lipinski definition) is 17. The quantitative estimate of drug-likeness (QED) is 0.0287. The number of aromatic amines is 2. The molecule has 6 rings (SSSR count). The third-order valence-corrected chi connectivity index (χ3v) is 15.7. The average molecular weight is 1140 g/mol. The van der Waals surface area contributed by atoms with E-state index in [-0.39, 0.29) is 87.4 Å². The first-order valence-corrected chi connectivity index (χ1v) is 27.3. The van der Waals surface area contributed by atoms with Crippen LogP contribution in [-0.2, 0) is 51.2 Å². The Hall–Kier alpha value is -7.12. The lowest BCUT2D eigenvalue weighted by molar-refractivity contribution is -0.406. The van der Waals surface area contributed by atoms with Gasteiger partial charge in [-0.15, -0.1) is 0 Å². The summed E-state index contributed by atoms with van der Waals surface area (Å²) in [4.78, 5) is 114. The van der Waals surface area contributed by atoms with Gasteiger partial charge in [0.15, 0.2) is 12.1 Å². The molecule has 3 heterocycles. The summed E-state index contributed by atoms with van der Waals surface area (Å²) in [6, 6.07) is 3.32. The SMILES string of the molecule is NC(=O)C(CC1CNc2ccccc21)NC(=O)[C@H]1CC(Cc2cnc[nH]2)C(NC(=O)C([NH3+])CCC(N)O)CC1CC(=O)[O-].NC(=O)C(CCC(=O)[O-])NC(=O)[C@H]1CC(CC(N)O)C(NC(=O)C([NH3+])CCC(N)O)C[C@@H]1Cc1cnc[nH]1. The monoisotopic (exact) mass is 1140 g/mol. The summed E-state index contributed by atoms with van der Waals surface area (Å²) in [5.74, 6) is -9.00. The molecular formula is C52H82N16O13. The highest BCUT2D eigenvalue weighted by atomic mass is 16.4. The molecule has 26 N–H and O–H groups in total. The first-order chi connectivity index (χ1) is 38.4. The minimum atomic E-state index is -1.37. The molecule has 13 unspecified atom stereocenters. The van der Waals surface area contributed by atoms with Crippen LogP contribution in [0, 0.1) is 35.5 Å². The van der Waals surface area contributed by atoms with Crippen LogP contribution in [0.1, 0.15) is 106 Å². The van der Waals surface area contributed by atoms with E-state index < -0.39 is 127 Å². The molecule has 448 valence electrons. The standard InChI is InChI=1S/C29H42N8O6.C23H40N8O7/c30-21(5-6-25(31)38)29(43)36-23-9-15(11-26(39)40)20(8-16(23)7-18-13-33-14-35-18)28(42)37-24(27(32)41)10-17-12-34-22-4-2-1-3-19(17)22;24-15(1-3-18(25)32)23(38)31-17-7-11(5-13-9-28-10-29-13)14(6-12(17)8-19(26)33)22(37)30-16(21(27)36)2-4-20(34)35/h1-4,13-17,20-21,23-25,34,38H,5-12,30-31H2,(H2,32,41)(H,33,35)(H,36,43)(H,37,42)(H,39,40);9-12,14-19,32-33H,1-8,24-26H2,(H2,27,36)(H,28,29)(H,30,37)(H,31,38)(H,34,35)/t15?,16?,17?,20-,21?,23?,24?,25?;11-,12?,14-,15?,16?,17?,18?,19?/m00/s1. The van der Waals surface area contributed by atoms with Gasteiger partial charge < -0.3 is 112 Å². The van der Waals surface area contributed by atoms with E-state index in [2.05, 4.69) is 58.0 Å². The van der Waals surface area contributed by atoms with Crippen molar-refractivity contribution in [2.24, 2.45) is 64.2 Å². The van der Waals surface area contributed by atoms with E-state index in [0.717, 1.165) is 22.6 Å². The summed E-state index contributed by atoms with van der Waals surface area (Å²) >= 11 is 0. The van der Waals surface area contributed by atoms with E-state index in [1.54, 1.807) is 12.4 Å². The van der Waals surface area contributed by atoms with Gasteiger partial charge in [-0.3, -0.25) is 28.8 Å². The van der Waals surface area contributed by atoms with Crippen LogP contribution in [0.25, 0.3) is 0 Å². The van der Waals surface area contributed by atoms with E-state index in [0.29, 0.717) is 32.2 Å². The third kappa shape index (κ3) is 20.4. The molecule has 29 nitrogen and oxygen atoms in total. The number of para-hydroxylation sites is 1. The maximum atomic E-state index is 13.8. The maximum absolute atomic E-state index is 13.8. The normalized spacial score (nSPS) is 24.8. The van der Waals surface area contributed by atoms with Crippen LogP contribution in [-0.4, -0.2) is 144 Å². The summed E-state index contributed by atoms with van der Waals surface area (Å²) in [5, 5.41) is 65.9. The number of carbonyl (C=O) groups excluding carboxylic acids is 8. The van der Waals surface area contributed by atoms with Crippen molar-refractivity contribution in [3.05, 3.63) is 66.3 Å². The molecule has 2 fully saturated rings. The number of anilines is 1. The number of aliphatic hydroxyl groups is 3. The molecule has 1 aliphatic heterocycles. The van der Waals surface area contributed by atoms with Gasteiger partial charge in [0.25, 0.3) is 11.8 Å². The van der Waals surface area contributed by atoms with Gasteiger partial charge in [-0.05, 0) is 119 Å². The van der Waals surface area contributed by atoms with Crippen LogP contribution in [0.5, 0.6) is 0 Å². The zero-order valence-electron chi connectivity index (χ0n) is 45.3. The van der Waals surface area contributed by atoms with Crippen molar-refractivity contribution >= 4 is 53.1 Å². The Balaban J connectivity index is 0.000000300. The lowest BCUT2D eigenvalue weighted by Crippen LogP contribution is -2.69. The molecule has 29 heteroatoms. The number of fused-ring (bicyclic) bond motifs is 1. The molecule has 1 aromatic carbocycles. The predicted octanol–water partition coefficient (Wildman–Crippen LogP) is -7.63. The minimum Gasteiger partial charge on any atom is -0.550 e. The van der Waals surface area contributed by atoms with Crippen molar-refractivity contribution in [3.63, 3.8) is 0 Å². The number of amides is 6. The van der Waals surface area contributed by atoms with Crippen molar-refractivity contribution in [3.8, 4) is 0 Å². The number of aliphatic hydroxyl groups excluding tert-OH is 3. The van der Waals surface area contributed by atoms with E-state index in [4.69, 9.17) is 28.7 Å². The predicted molar refractivity (Wildman–Crippen MR) is 283 cm³/mol. The topological polar surface area (TPSA) is 546 Å². The number of imidazole rings is 2. The van der Waals surface area contributed by atoms with Crippen LogP contribution in [0.15, 0.2) is 49.3 Å². The van der Waals surface area contributed by atoms with Gasteiger partial charge in [-0.1, -0.05) is 18.2 Å². The Bertz CT molecular complexity index is 2540. The highest BCUT2D eigenvalue weighted by Crippen LogP contribution is 2.40. The number of hydrogen-bond acceptors (Lipinski definition) is 19. The first kappa shape index (κ1) is 64.7. The summed E-state index contributed by atoms with van der Waals surface area (Å²) in [7, 11) is 0. The van der Waals surface area contributed by atoms with Crippen molar-refractivity contribution in [1.29, 1.82) is 0 Å². The molecule has 0 radical (unpaired) electrons. The number of nitrogens with two attached hydrogens (primary N) is 5. The molecule has 2 aromatic heterocycles. The Morgan fingerprint density at radius 1 is 0.630 bits per heavy atom. The number of nitrogens with zero attached hydrogens (tertiary/aromatic N) is 2. The smallest absolute Gasteiger partial charge is 0.278 e. The number of primary amides is 2. The zero-order chi connectivity index (χ0) is 59.5. The highest BCUT2D eigenvalue weighted by molar-refractivity contribution is 5.89. The highest BCUT2D eigenvalue weighted by Gasteiger charge is 2.45.